The summed E-state index contributed by atoms with van der Waals surface area (Å²) in [4.78, 5) is 4.68. The second-order valence-electron chi connectivity index (χ2n) is 4.89. The molecule has 2 rings (SSSR count). The zero-order valence-corrected chi connectivity index (χ0v) is 12.2. The van der Waals surface area contributed by atoms with Crippen LogP contribution in [0.25, 0.3) is 0 Å². The summed E-state index contributed by atoms with van der Waals surface area (Å²) in [6.07, 6.45) is 2.50. The molecule has 5 heteroatoms. The molecule has 0 bridgehead atoms. The van der Waals surface area contributed by atoms with Crippen LogP contribution in [0.2, 0.25) is 0 Å². The fourth-order valence-corrected chi connectivity index (χ4v) is 3.40. The van der Waals surface area contributed by atoms with Crippen LogP contribution >= 0.6 is 11.3 Å². The van der Waals surface area contributed by atoms with Gasteiger partial charge in [0.15, 0.2) is 0 Å². The fraction of sp³-hybridized carbons (Fsp3) is 0.769. The first-order chi connectivity index (χ1) is 8.73. The predicted molar refractivity (Wildman–Crippen MR) is 73.0 cm³/mol. The highest BCUT2D eigenvalue weighted by molar-refractivity contribution is 7.09. The number of ether oxygens (including phenoxy) is 2. The smallest absolute Gasteiger partial charge is 0.116 e. The van der Waals surface area contributed by atoms with Crippen LogP contribution < -0.4 is 5.32 Å². The van der Waals surface area contributed by atoms with Gasteiger partial charge in [-0.3, -0.25) is 0 Å². The standard InChI is InChI=1S/C13H22N2O2S/c1-10-8-18-12(15-10)13(9-17-3,11-4-5-11)14-6-7-16-2/h8,11,14H,4-7,9H2,1-3H3. The lowest BCUT2D eigenvalue weighted by atomic mass is 9.94. The van der Waals surface area contributed by atoms with Crippen molar-refractivity contribution in [2.24, 2.45) is 5.92 Å². The second-order valence-corrected chi connectivity index (χ2v) is 5.75. The maximum atomic E-state index is 5.47. The van der Waals surface area contributed by atoms with E-state index in [1.54, 1.807) is 25.6 Å². The molecule has 1 heterocycles. The highest BCUT2D eigenvalue weighted by Crippen LogP contribution is 2.46. The molecule has 1 aliphatic rings. The topological polar surface area (TPSA) is 43.4 Å². The van der Waals surface area contributed by atoms with E-state index in [0.29, 0.717) is 19.1 Å². The lowest BCUT2D eigenvalue weighted by molar-refractivity contribution is 0.0841. The fourth-order valence-electron chi connectivity index (χ4n) is 2.36. The highest BCUT2D eigenvalue weighted by atomic mass is 32.1. The highest BCUT2D eigenvalue weighted by Gasteiger charge is 2.48. The van der Waals surface area contributed by atoms with Crippen LogP contribution in [0.4, 0.5) is 0 Å². The minimum atomic E-state index is -0.119. The molecule has 102 valence electrons. The molecule has 1 N–H and O–H groups in total. The van der Waals surface area contributed by atoms with E-state index in [4.69, 9.17) is 9.47 Å². The molecule has 1 fully saturated rings. The summed E-state index contributed by atoms with van der Waals surface area (Å²) in [7, 11) is 3.49. The lowest BCUT2D eigenvalue weighted by Crippen LogP contribution is -2.49. The van der Waals surface area contributed by atoms with E-state index in [9.17, 15) is 0 Å². The van der Waals surface area contributed by atoms with E-state index >= 15 is 0 Å². The molecular formula is C13H22N2O2S. The van der Waals surface area contributed by atoms with E-state index in [1.807, 2.05) is 6.92 Å². The number of hydrogen-bond donors (Lipinski definition) is 1. The van der Waals surface area contributed by atoms with Gasteiger partial charge in [-0.1, -0.05) is 0 Å². The Bertz CT molecular complexity index is 379. The van der Waals surface area contributed by atoms with E-state index in [0.717, 1.165) is 17.2 Å². The van der Waals surface area contributed by atoms with Crippen LogP contribution in [0.1, 0.15) is 23.5 Å². The SMILES string of the molecule is COCCNC(COC)(c1nc(C)cs1)C1CC1. The largest absolute Gasteiger partial charge is 0.383 e. The van der Waals surface area contributed by atoms with Crippen molar-refractivity contribution in [2.75, 3.05) is 34.0 Å². The molecule has 0 amide bonds. The molecule has 1 unspecified atom stereocenters. The molecule has 1 aromatic rings. The van der Waals surface area contributed by atoms with Crippen LogP contribution in [-0.2, 0) is 15.0 Å². The monoisotopic (exact) mass is 270 g/mol. The van der Waals surface area contributed by atoms with Gasteiger partial charge in [-0.15, -0.1) is 11.3 Å². The Hall–Kier alpha value is -0.490. The summed E-state index contributed by atoms with van der Waals surface area (Å²) in [5, 5.41) is 6.89. The third kappa shape index (κ3) is 2.91. The third-order valence-electron chi connectivity index (χ3n) is 3.39. The molecule has 0 spiro atoms. The van der Waals surface area contributed by atoms with Crippen LogP contribution in [0.5, 0.6) is 0 Å². The summed E-state index contributed by atoms with van der Waals surface area (Å²) in [6.45, 7) is 4.26. The Balaban J connectivity index is 2.18. The summed E-state index contributed by atoms with van der Waals surface area (Å²) in [6, 6.07) is 0. The van der Waals surface area contributed by atoms with Crippen molar-refractivity contribution in [3.63, 3.8) is 0 Å². The van der Waals surface area contributed by atoms with Gasteiger partial charge in [-0.2, -0.15) is 0 Å². The summed E-state index contributed by atoms with van der Waals surface area (Å²) in [5.41, 5.74) is 0.969. The molecule has 18 heavy (non-hydrogen) atoms. The number of hydrogen-bond acceptors (Lipinski definition) is 5. The molecule has 1 saturated carbocycles. The number of methoxy groups -OCH3 is 2. The average Bonchev–Trinajstić information content (AvgIpc) is 3.11. The minimum Gasteiger partial charge on any atom is -0.383 e. The van der Waals surface area contributed by atoms with Crippen LogP contribution in [0.3, 0.4) is 0 Å². The molecule has 0 aromatic carbocycles. The zero-order valence-electron chi connectivity index (χ0n) is 11.4. The van der Waals surface area contributed by atoms with Crippen LogP contribution in [0.15, 0.2) is 5.38 Å². The van der Waals surface area contributed by atoms with Gasteiger partial charge < -0.3 is 14.8 Å². The minimum absolute atomic E-state index is 0.119. The molecule has 0 aliphatic heterocycles. The lowest BCUT2D eigenvalue weighted by Gasteiger charge is -2.32. The second kappa shape index (κ2) is 6.10. The zero-order chi connectivity index (χ0) is 13.0. The summed E-state index contributed by atoms with van der Waals surface area (Å²) in [5.74, 6) is 0.639. The maximum Gasteiger partial charge on any atom is 0.116 e. The van der Waals surface area contributed by atoms with Crippen molar-refractivity contribution >= 4 is 11.3 Å². The van der Waals surface area contributed by atoms with Crippen molar-refractivity contribution in [3.8, 4) is 0 Å². The van der Waals surface area contributed by atoms with Crippen molar-refractivity contribution in [1.29, 1.82) is 0 Å². The Labute approximate surface area is 113 Å². The number of nitrogens with one attached hydrogen (secondary N) is 1. The summed E-state index contributed by atoms with van der Waals surface area (Å²) < 4.78 is 10.6. The van der Waals surface area contributed by atoms with Gasteiger partial charge in [0.05, 0.1) is 18.8 Å². The first kappa shape index (κ1) is 13.9. The Morgan fingerprint density at radius 3 is 2.72 bits per heavy atom. The van der Waals surface area contributed by atoms with Crippen molar-refractivity contribution < 1.29 is 9.47 Å². The van der Waals surface area contributed by atoms with E-state index in [-0.39, 0.29) is 5.54 Å². The Kier molecular flexibility index (Phi) is 4.72. The normalized spacial score (nSPS) is 18.8. The van der Waals surface area contributed by atoms with Gasteiger partial charge in [0.2, 0.25) is 0 Å². The van der Waals surface area contributed by atoms with Gasteiger partial charge in [0.1, 0.15) is 5.01 Å². The van der Waals surface area contributed by atoms with Crippen molar-refractivity contribution in [2.45, 2.75) is 25.3 Å². The van der Waals surface area contributed by atoms with E-state index < -0.39 is 0 Å². The van der Waals surface area contributed by atoms with Crippen LogP contribution in [-0.4, -0.2) is 39.0 Å². The van der Waals surface area contributed by atoms with Crippen molar-refractivity contribution in [1.82, 2.24) is 10.3 Å². The average molecular weight is 270 g/mol. The molecule has 4 nitrogen and oxygen atoms in total. The molecule has 1 atom stereocenters. The summed E-state index contributed by atoms with van der Waals surface area (Å²) >= 11 is 1.73. The molecule has 0 saturated heterocycles. The number of thiazole rings is 1. The van der Waals surface area contributed by atoms with Crippen LogP contribution in [0, 0.1) is 12.8 Å². The number of nitrogens with zero attached hydrogens (tertiary/aromatic N) is 1. The molecule has 1 aliphatic carbocycles. The molecule has 0 radical (unpaired) electrons. The first-order valence-electron chi connectivity index (χ1n) is 6.38. The van der Waals surface area contributed by atoms with Crippen molar-refractivity contribution in [3.05, 3.63) is 16.1 Å². The van der Waals surface area contributed by atoms with Gasteiger partial charge in [-0.05, 0) is 25.7 Å². The quantitative estimate of drug-likeness (QED) is 0.733. The maximum absolute atomic E-state index is 5.47. The number of aromatic nitrogens is 1. The predicted octanol–water partition coefficient (Wildman–Crippen LogP) is 1.94. The van der Waals surface area contributed by atoms with Gasteiger partial charge >= 0.3 is 0 Å². The Morgan fingerprint density at radius 2 is 2.22 bits per heavy atom. The van der Waals surface area contributed by atoms with Gasteiger partial charge in [0.25, 0.3) is 0 Å². The van der Waals surface area contributed by atoms with Gasteiger partial charge in [-0.25, -0.2) is 4.98 Å². The first-order valence-corrected chi connectivity index (χ1v) is 7.26. The van der Waals surface area contributed by atoms with E-state index in [2.05, 4.69) is 15.7 Å². The van der Waals surface area contributed by atoms with Gasteiger partial charge in [0, 0.05) is 31.8 Å². The Morgan fingerprint density at radius 1 is 1.44 bits per heavy atom. The van der Waals surface area contributed by atoms with E-state index in [1.165, 1.54) is 12.8 Å². The third-order valence-corrected chi connectivity index (χ3v) is 4.53. The number of aryl methyl sites for hydroxylation is 1. The molecule has 1 aromatic heterocycles. The number of rotatable bonds is 8. The molecular weight excluding hydrogens is 248 g/mol.